The second kappa shape index (κ2) is 11.7. The maximum atomic E-state index is 5.50. The van der Waals surface area contributed by atoms with E-state index in [4.69, 9.17) is 4.74 Å². The molecule has 0 aliphatic carbocycles. The van der Waals surface area contributed by atoms with E-state index in [1.54, 1.807) is 0 Å². The van der Waals surface area contributed by atoms with Crippen LogP contribution in [0.5, 0.6) is 0 Å². The van der Waals surface area contributed by atoms with Gasteiger partial charge in [-0.1, -0.05) is 6.07 Å². The van der Waals surface area contributed by atoms with E-state index in [1.807, 2.05) is 30.1 Å². The molecule has 1 atom stereocenters. The topological polar surface area (TPSA) is 48.9 Å². The van der Waals surface area contributed by atoms with Gasteiger partial charge in [0.1, 0.15) is 0 Å². The Bertz CT molecular complexity index is 461. The van der Waals surface area contributed by atoms with Gasteiger partial charge in [0.25, 0.3) is 0 Å². The molecule has 0 radical (unpaired) electrons. The van der Waals surface area contributed by atoms with Gasteiger partial charge in [0, 0.05) is 38.1 Å². The highest BCUT2D eigenvalue weighted by Gasteiger charge is 2.23. The van der Waals surface area contributed by atoms with Gasteiger partial charge in [-0.2, -0.15) is 11.8 Å². The summed E-state index contributed by atoms with van der Waals surface area (Å²) >= 11 is 3.73. The molecular formula is C17H30N4OS2. The van der Waals surface area contributed by atoms with Gasteiger partial charge in [-0.25, -0.2) is 0 Å². The van der Waals surface area contributed by atoms with E-state index in [0.29, 0.717) is 6.04 Å². The van der Waals surface area contributed by atoms with Crippen molar-refractivity contribution >= 4 is 29.1 Å². The van der Waals surface area contributed by atoms with Crippen LogP contribution in [-0.4, -0.2) is 69.3 Å². The third-order valence-corrected chi connectivity index (χ3v) is 5.78. The molecule has 7 heteroatoms. The van der Waals surface area contributed by atoms with Crippen molar-refractivity contribution in [1.29, 1.82) is 0 Å². The van der Waals surface area contributed by atoms with E-state index in [2.05, 4.69) is 44.3 Å². The molecule has 2 N–H and O–H groups in total. The van der Waals surface area contributed by atoms with Crippen LogP contribution in [0.25, 0.3) is 0 Å². The normalized spacial score (nSPS) is 17.7. The van der Waals surface area contributed by atoms with E-state index in [1.165, 1.54) is 23.5 Å². The molecule has 24 heavy (non-hydrogen) atoms. The summed E-state index contributed by atoms with van der Waals surface area (Å²) in [5.41, 5.74) is 0. The van der Waals surface area contributed by atoms with Crippen molar-refractivity contribution in [2.24, 2.45) is 4.99 Å². The first-order valence-electron chi connectivity index (χ1n) is 8.63. The third-order valence-electron chi connectivity index (χ3n) is 4.11. The van der Waals surface area contributed by atoms with Crippen molar-refractivity contribution in [1.82, 2.24) is 15.5 Å². The summed E-state index contributed by atoms with van der Waals surface area (Å²) < 4.78 is 5.50. The molecule has 0 amide bonds. The summed E-state index contributed by atoms with van der Waals surface area (Å²) in [6.45, 7) is 5.47. The van der Waals surface area contributed by atoms with E-state index >= 15 is 0 Å². The second-order valence-electron chi connectivity index (χ2n) is 5.76. The minimum absolute atomic E-state index is 0.379. The monoisotopic (exact) mass is 370 g/mol. The van der Waals surface area contributed by atoms with Crippen LogP contribution in [0.1, 0.15) is 23.8 Å². The maximum Gasteiger partial charge on any atom is 0.191 e. The highest BCUT2D eigenvalue weighted by Crippen LogP contribution is 2.25. The lowest BCUT2D eigenvalue weighted by atomic mass is 10.2. The van der Waals surface area contributed by atoms with Gasteiger partial charge in [0.05, 0.1) is 19.3 Å². The highest BCUT2D eigenvalue weighted by molar-refractivity contribution is 7.98. The molecule has 5 nitrogen and oxygen atoms in total. The number of nitrogens with zero attached hydrogens (tertiary/aromatic N) is 2. The molecule has 0 spiro atoms. The predicted molar refractivity (Wildman–Crippen MR) is 106 cm³/mol. The number of thiophene rings is 1. The number of rotatable bonds is 9. The van der Waals surface area contributed by atoms with E-state index < -0.39 is 0 Å². The zero-order valence-corrected chi connectivity index (χ0v) is 16.4. The fraction of sp³-hybridized carbons (Fsp3) is 0.706. The van der Waals surface area contributed by atoms with Crippen LogP contribution >= 0.6 is 23.1 Å². The van der Waals surface area contributed by atoms with Crippen LogP contribution in [0.2, 0.25) is 0 Å². The molecule has 2 heterocycles. The van der Waals surface area contributed by atoms with Crippen LogP contribution < -0.4 is 10.6 Å². The first kappa shape index (κ1) is 19.6. The zero-order valence-electron chi connectivity index (χ0n) is 14.8. The van der Waals surface area contributed by atoms with E-state index in [-0.39, 0.29) is 0 Å². The SMILES string of the molecule is CN=C(NCCCCSC)NCC(c1cccs1)N1CCOCC1. The van der Waals surface area contributed by atoms with Gasteiger partial charge >= 0.3 is 0 Å². The van der Waals surface area contributed by atoms with Gasteiger partial charge in [-0.05, 0) is 36.3 Å². The largest absolute Gasteiger partial charge is 0.379 e. The minimum Gasteiger partial charge on any atom is -0.379 e. The summed E-state index contributed by atoms with van der Waals surface area (Å²) in [5, 5.41) is 9.08. The Hall–Kier alpha value is -0.760. The van der Waals surface area contributed by atoms with Crippen molar-refractivity contribution in [3.8, 4) is 0 Å². The standard InChI is InChI=1S/C17H30N4OS2/c1-18-17(19-7-3-4-12-23-2)20-14-15(16-6-5-13-24-16)21-8-10-22-11-9-21/h5-6,13,15H,3-4,7-12,14H2,1-2H3,(H2,18,19,20). The van der Waals surface area contributed by atoms with Gasteiger partial charge < -0.3 is 15.4 Å². The molecule has 1 aromatic rings. The summed E-state index contributed by atoms with van der Waals surface area (Å²) in [5.74, 6) is 2.12. The predicted octanol–water partition coefficient (Wildman–Crippen LogP) is 2.43. The number of hydrogen-bond donors (Lipinski definition) is 2. The molecule has 1 unspecified atom stereocenters. The number of hydrogen-bond acceptors (Lipinski definition) is 5. The first-order valence-corrected chi connectivity index (χ1v) is 10.9. The van der Waals surface area contributed by atoms with Crippen molar-refractivity contribution in [2.45, 2.75) is 18.9 Å². The summed E-state index contributed by atoms with van der Waals surface area (Å²) in [4.78, 5) is 8.26. The van der Waals surface area contributed by atoms with Crippen LogP contribution in [0.3, 0.4) is 0 Å². The van der Waals surface area contributed by atoms with Crippen molar-refractivity contribution in [3.63, 3.8) is 0 Å². The number of guanidine groups is 1. The van der Waals surface area contributed by atoms with Gasteiger partial charge in [-0.3, -0.25) is 9.89 Å². The summed E-state index contributed by atoms with van der Waals surface area (Å²) in [7, 11) is 1.84. The van der Waals surface area contributed by atoms with Crippen molar-refractivity contribution in [2.75, 3.05) is 58.4 Å². The molecule has 1 aromatic heterocycles. The van der Waals surface area contributed by atoms with Crippen molar-refractivity contribution < 1.29 is 4.74 Å². The first-order chi connectivity index (χ1) is 11.8. The lowest BCUT2D eigenvalue weighted by molar-refractivity contribution is 0.0177. The highest BCUT2D eigenvalue weighted by atomic mass is 32.2. The lowest BCUT2D eigenvalue weighted by Gasteiger charge is -2.34. The zero-order chi connectivity index (χ0) is 17.0. The molecule has 0 bridgehead atoms. The number of thioether (sulfide) groups is 1. The molecule has 1 aliphatic heterocycles. The number of aliphatic imine (C=N–C) groups is 1. The molecular weight excluding hydrogens is 340 g/mol. The molecule has 0 saturated carbocycles. The fourth-order valence-electron chi connectivity index (χ4n) is 2.77. The van der Waals surface area contributed by atoms with Crippen LogP contribution in [0, 0.1) is 0 Å². The maximum absolute atomic E-state index is 5.50. The molecule has 1 fully saturated rings. The molecule has 136 valence electrons. The number of ether oxygens (including phenoxy) is 1. The Labute approximate surface area is 154 Å². The smallest absolute Gasteiger partial charge is 0.191 e. The van der Waals surface area contributed by atoms with Crippen LogP contribution in [0.4, 0.5) is 0 Å². The second-order valence-corrected chi connectivity index (χ2v) is 7.72. The van der Waals surface area contributed by atoms with Gasteiger partial charge in [0.2, 0.25) is 0 Å². The quantitative estimate of drug-likeness (QED) is 0.397. The Morgan fingerprint density at radius 2 is 2.21 bits per heavy atom. The summed E-state index contributed by atoms with van der Waals surface area (Å²) in [6.07, 6.45) is 4.58. The summed E-state index contributed by atoms with van der Waals surface area (Å²) in [6, 6.07) is 4.74. The van der Waals surface area contributed by atoms with Crippen LogP contribution in [-0.2, 0) is 4.74 Å². The Morgan fingerprint density at radius 1 is 1.38 bits per heavy atom. The van der Waals surface area contributed by atoms with E-state index in [9.17, 15) is 0 Å². The average Bonchev–Trinajstić information content (AvgIpc) is 3.15. The fourth-order valence-corrected chi connectivity index (χ4v) is 4.13. The average molecular weight is 371 g/mol. The number of unbranched alkanes of at least 4 members (excludes halogenated alkanes) is 1. The molecule has 0 aromatic carbocycles. The number of nitrogens with one attached hydrogen (secondary N) is 2. The lowest BCUT2D eigenvalue weighted by Crippen LogP contribution is -2.46. The molecule has 2 rings (SSSR count). The van der Waals surface area contributed by atoms with E-state index in [0.717, 1.165) is 45.4 Å². The Kier molecular flexibility index (Phi) is 9.57. The molecule has 1 aliphatic rings. The Morgan fingerprint density at radius 3 is 2.88 bits per heavy atom. The third kappa shape index (κ3) is 6.63. The Balaban J connectivity index is 1.82. The van der Waals surface area contributed by atoms with Gasteiger partial charge in [-0.15, -0.1) is 11.3 Å². The minimum atomic E-state index is 0.379. The van der Waals surface area contributed by atoms with Crippen LogP contribution in [0.15, 0.2) is 22.5 Å². The van der Waals surface area contributed by atoms with Crippen molar-refractivity contribution in [3.05, 3.63) is 22.4 Å². The van der Waals surface area contributed by atoms with Gasteiger partial charge in [0.15, 0.2) is 5.96 Å². The molecule has 1 saturated heterocycles. The number of morpholine rings is 1.